The average Bonchev–Trinajstić information content (AvgIpc) is 2.41. The van der Waals surface area contributed by atoms with Gasteiger partial charge in [0.2, 0.25) is 10.0 Å². The summed E-state index contributed by atoms with van der Waals surface area (Å²) in [6, 6.07) is 1.73. The first-order valence-electron chi connectivity index (χ1n) is 6.61. The van der Waals surface area contributed by atoms with E-state index in [4.69, 9.17) is 33.5 Å². The molecule has 23 heavy (non-hydrogen) atoms. The van der Waals surface area contributed by atoms with Gasteiger partial charge in [-0.15, -0.1) is 0 Å². The third kappa shape index (κ3) is 5.20. The van der Waals surface area contributed by atoms with Crippen molar-refractivity contribution in [3.8, 4) is 0 Å². The maximum absolute atomic E-state index is 12.7. The predicted molar refractivity (Wildman–Crippen MR) is 90.9 cm³/mol. The standard InChI is InChI=1S/C12H18Cl2N2O5S2/c1-3-16(8(2)4-5-22(17,18)19)23(20,21)9-6-10(13)12(15)11(14)7-9/h6-8H,3-5,15H2,1-2H3,(H,17,18,19). The molecule has 7 nitrogen and oxygen atoms in total. The van der Waals surface area contributed by atoms with Gasteiger partial charge in [0.1, 0.15) is 0 Å². The Kier molecular flexibility index (Phi) is 6.71. The monoisotopic (exact) mass is 404 g/mol. The number of hydrogen-bond acceptors (Lipinski definition) is 5. The van der Waals surface area contributed by atoms with E-state index in [1.165, 1.54) is 12.1 Å². The predicted octanol–water partition coefficient (Wildman–Crippen LogP) is 2.25. The zero-order valence-electron chi connectivity index (χ0n) is 12.5. The van der Waals surface area contributed by atoms with Crippen LogP contribution in [0, 0.1) is 0 Å². The van der Waals surface area contributed by atoms with Gasteiger partial charge in [0, 0.05) is 12.6 Å². The van der Waals surface area contributed by atoms with E-state index in [1.54, 1.807) is 13.8 Å². The van der Waals surface area contributed by atoms with Gasteiger partial charge in [0.05, 0.1) is 26.4 Å². The molecule has 0 heterocycles. The Morgan fingerprint density at radius 3 is 2.09 bits per heavy atom. The quantitative estimate of drug-likeness (QED) is 0.531. The zero-order chi connectivity index (χ0) is 18.0. The van der Waals surface area contributed by atoms with Gasteiger partial charge in [0.15, 0.2) is 0 Å². The minimum Gasteiger partial charge on any atom is -0.396 e. The van der Waals surface area contributed by atoms with Crippen molar-refractivity contribution in [3.05, 3.63) is 22.2 Å². The van der Waals surface area contributed by atoms with Crippen LogP contribution >= 0.6 is 23.2 Å². The summed E-state index contributed by atoms with van der Waals surface area (Å²) in [5.74, 6) is -0.538. The maximum atomic E-state index is 12.7. The molecule has 0 saturated carbocycles. The van der Waals surface area contributed by atoms with Crippen molar-refractivity contribution in [1.82, 2.24) is 4.31 Å². The van der Waals surface area contributed by atoms with Gasteiger partial charge < -0.3 is 5.73 Å². The summed E-state index contributed by atoms with van der Waals surface area (Å²) in [6.07, 6.45) is -0.0532. The van der Waals surface area contributed by atoms with E-state index in [0.29, 0.717) is 0 Å². The molecule has 0 bridgehead atoms. The minimum atomic E-state index is -4.17. The summed E-state index contributed by atoms with van der Waals surface area (Å²) in [7, 11) is -8.12. The second-order valence-corrected chi connectivity index (χ2v) is 9.21. The highest BCUT2D eigenvalue weighted by Gasteiger charge is 2.29. The Morgan fingerprint density at radius 2 is 1.70 bits per heavy atom. The fourth-order valence-corrected chi connectivity index (χ4v) is 5.01. The highest BCUT2D eigenvalue weighted by atomic mass is 35.5. The SMILES string of the molecule is CCN(C(C)CCS(=O)(=O)O)S(=O)(=O)c1cc(Cl)c(N)c(Cl)c1. The summed E-state index contributed by atoms with van der Waals surface area (Å²) in [5, 5.41) is 0.0236. The molecule has 1 aromatic carbocycles. The van der Waals surface area contributed by atoms with E-state index in [-0.39, 0.29) is 33.6 Å². The molecular weight excluding hydrogens is 387 g/mol. The van der Waals surface area contributed by atoms with Crippen LogP contribution in [0.4, 0.5) is 5.69 Å². The van der Waals surface area contributed by atoms with Crippen LogP contribution in [0.1, 0.15) is 20.3 Å². The third-order valence-corrected chi connectivity index (χ3v) is 6.70. The number of hydrogen-bond donors (Lipinski definition) is 2. The minimum absolute atomic E-state index is 0.0118. The number of nitrogens with zero attached hydrogens (tertiary/aromatic N) is 1. The van der Waals surface area contributed by atoms with Crippen LogP contribution in [0.15, 0.2) is 17.0 Å². The summed E-state index contributed by atoms with van der Waals surface area (Å²) >= 11 is 11.7. The number of nitrogen functional groups attached to an aromatic ring is 1. The highest BCUT2D eigenvalue weighted by Crippen LogP contribution is 2.32. The summed E-state index contributed by atoms with van der Waals surface area (Å²) in [6.45, 7) is 3.27. The van der Waals surface area contributed by atoms with Crippen LogP contribution < -0.4 is 5.73 Å². The van der Waals surface area contributed by atoms with E-state index in [1.807, 2.05) is 0 Å². The van der Waals surface area contributed by atoms with Crippen LogP contribution in [0.5, 0.6) is 0 Å². The summed E-state index contributed by atoms with van der Waals surface area (Å²) in [4.78, 5) is -0.137. The molecule has 11 heteroatoms. The van der Waals surface area contributed by atoms with Crippen LogP contribution in [-0.4, -0.2) is 44.0 Å². The smallest absolute Gasteiger partial charge is 0.264 e. The third-order valence-electron chi connectivity index (χ3n) is 3.26. The largest absolute Gasteiger partial charge is 0.396 e. The van der Waals surface area contributed by atoms with Crippen molar-refractivity contribution in [1.29, 1.82) is 0 Å². The Balaban J connectivity index is 3.17. The summed E-state index contributed by atoms with van der Waals surface area (Å²) < 4.78 is 57.0. The molecular formula is C12H18Cl2N2O5S2. The van der Waals surface area contributed by atoms with Crippen molar-refractivity contribution in [2.75, 3.05) is 18.0 Å². The second-order valence-electron chi connectivity index (χ2n) is 4.93. The molecule has 0 spiro atoms. The van der Waals surface area contributed by atoms with Gasteiger partial charge in [-0.25, -0.2) is 8.42 Å². The number of benzene rings is 1. The van der Waals surface area contributed by atoms with E-state index >= 15 is 0 Å². The molecule has 0 amide bonds. The lowest BCUT2D eigenvalue weighted by molar-refractivity contribution is 0.340. The van der Waals surface area contributed by atoms with E-state index in [0.717, 1.165) is 4.31 Å². The number of sulfonamides is 1. The molecule has 0 radical (unpaired) electrons. The fourth-order valence-electron chi connectivity index (χ4n) is 2.03. The van der Waals surface area contributed by atoms with Crippen LogP contribution in [-0.2, 0) is 20.1 Å². The van der Waals surface area contributed by atoms with Gasteiger partial charge in [-0.05, 0) is 25.5 Å². The molecule has 1 rings (SSSR count). The molecule has 132 valence electrons. The molecule has 0 aliphatic rings. The lowest BCUT2D eigenvalue weighted by Crippen LogP contribution is -2.39. The molecule has 0 aliphatic carbocycles. The van der Waals surface area contributed by atoms with Gasteiger partial charge >= 0.3 is 0 Å². The zero-order valence-corrected chi connectivity index (χ0v) is 15.7. The van der Waals surface area contributed by atoms with Gasteiger partial charge in [-0.2, -0.15) is 12.7 Å². The van der Waals surface area contributed by atoms with Crippen molar-refractivity contribution in [3.63, 3.8) is 0 Å². The Morgan fingerprint density at radius 1 is 1.22 bits per heavy atom. The van der Waals surface area contributed by atoms with E-state index in [2.05, 4.69) is 0 Å². The van der Waals surface area contributed by atoms with Gasteiger partial charge in [0.25, 0.3) is 10.1 Å². The summed E-state index contributed by atoms with van der Waals surface area (Å²) in [5.41, 5.74) is 5.67. The molecule has 1 atom stereocenters. The highest BCUT2D eigenvalue weighted by molar-refractivity contribution is 7.89. The van der Waals surface area contributed by atoms with Gasteiger partial charge in [-0.1, -0.05) is 30.1 Å². The first kappa shape index (κ1) is 20.5. The van der Waals surface area contributed by atoms with Crippen LogP contribution in [0.2, 0.25) is 10.0 Å². The lowest BCUT2D eigenvalue weighted by atomic mass is 10.2. The Bertz CT molecular complexity index is 758. The van der Waals surface area contributed by atoms with Crippen LogP contribution in [0.25, 0.3) is 0 Å². The molecule has 1 unspecified atom stereocenters. The Labute approximate surface area is 146 Å². The molecule has 0 aliphatic heterocycles. The molecule has 0 fully saturated rings. The maximum Gasteiger partial charge on any atom is 0.264 e. The first-order valence-corrected chi connectivity index (χ1v) is 10.4. The van der Waals surface area contributed by atoms with Crippen LogP contribution in [0.3, 0.4) is 0 Å². The number of halogens is 2. The second kappa shape index (κ2) is 7.54. The number of rotatable bonds is 7. The van der Waals surface area contributed by atoms with Crippen molar-refractivity contribution in [2.45, 2.75) is 31.2 Å². The van der Waals surface area contributed by atoms with Crippen molar-refractivity contribution < 1.29 is 21.4 Å². The first-order chi connectivity index (χ1) is 10.4. The number of nitrogens with two attached hydrogens (primary N) is 1. The molecule has 0 aromatic heterocycles. The normalized spacial score (nSPS) is 14.2. The van der Waals surface area contributed by atoms with Crippen molar-refractivity contribution >= 4 is 49.0 Å². The molecule has 0 saturated heterocycles. The Hall–Kier alpha value is -0.580. The van der Waals surface area contributed by atoms with Crippen molar-refractivity contribution in [2.24, 2.45) is 0 Å². The number of anilines is 1. The topological polar surface area (TPSA) is 118 Å². The van der Waals surface area contributed by atoms with E-state index < -0.39 is 31.9 Å². The molecule has 1 aromatic rings. The molecule has 3 N–H and O–H groups in total. The lowest BCUT2D eigenvalue weighted by Gasteiger charge is -2.27. The van der Waals surface area contributed by atoms with Gasteiger partial charge in [-0.3, -0.25) is 4.55 Å². The fraction of sp³-hybridized carbons (Fsp3) is 0.500. The van der Waals surface area contributed by atoms with E-state index in [9.17, 15) is 16.8 Å². The average molecular weight is 405 g/mol.